The van der Waals surface area contributed by atoms with Crippen LogP contribution in [0, 0.1) is 5.92 Å². The average Bonchev–Trinajstić information content (AvgIpc) is 2.79. The van der Waals surface area contributed by atoms with Crippen molar-refractivity contribution in [1.29, 1.82) is 0 Å². The average molecular weight is 493 g/mol. The van der Waals surface area contributed by atoms with Crippen LogP contribution in [0.1, 0.15) is 49.5 Å². The standard InChI is InChI=1S/C24H29ClN2O5S/c1-24(2,3)17-5-8-19(9-6-17)33(30,31)27-13-11-16(12-14-27)22(28)26-18-7-10-21(25)20(15-18)23(29)32-4/h5-10,15-16H,11-14H2,1-4H3,(H,26,28). The fourth-order valence-electron chi connectivity index (χ4n) is 3.75. The predicted octanol–water partition coefficient (Wildman–Crippen LogP) is 4.46. The molecule has 9 heteroatoms. The molecule has 3 rings (SSSR count). The Hall–Kier alpha value is -2.42. The molecule has 0 spiro atoms. The summed E-state index contributed by atoms with van der Waals surface area (Å²) in [5.74, 6) is -1.15. The summed E-state index contributed by atoms with van der Waals surface area (Å²) in [6.07, 6.45) is 0.811. The second-order valence-electron chi connectivity index (χ2n) is 9.13. The lowest BCUT2D eigenvalue weighted by Gasteiger charge is -2.30. The van der Waals surface area contributed by atoms with Gasteiger partial charge in [0.1, 0.15) is 0 Å². The molecule has 7 nitrogen and oxygen atoms in total. The lowest BCUT2D eigenvalue weighted by molar-refractivity contribution is -0.120. The number of methoxy groups -OCH3 is 1. The monoisotopic (exact) mass is 492 g/mol. The molecule has 1 aliphatic heterocycles. The van der Waals surface area contributed by atoms with Crippen molar-refractivity contribution in [2.75, 3.05) is 25.5 Å². The van der Waals surface area contributed by atoms with E-state index in [0.29, 0.717) is 18.5 Å². The maximum atomic E-state index is 13.0. The Bertz CT molecular complexity index is 1130. The lowest BCUT2D eigenvalue weighted by atomic mass is 9.87. The number of hydrogen-bond acceptors (Lipinski definition) is 5. The normalized spacial score (nSPS) is 15.8. The molecular weight excluding hydrogens is 464 g/mol. The van der Waals surface area contributed by atoms with Gasteiger partial charge in [0.15, 0.2) is 0 Å². The summed E-state index contributed by atoms with van der Waals surface area (Å²) in [7, 11) is -2.36. The fraction of sp³-hybridized carbons (Fsp3) is 0.417. The first-order chi connectivity index (χ1) is 15.4. The second kappa shape index (κ2) is 9.83. The summed E-state index contributed by atoms with van der Waals surface area (Å²) >= 11 is 6.02. The summed E-state index contributed by atoms with van der Waals surface area (Å²) in [4.78, 5) is 24.8. The summed E-state index contributed by atoms with van der Waals surface area (Å²) < 4.78 is 32.2. The Morgan fingerprint density at radius 1 is 1.06 bits per heavy atom. The quantitative estimate of drug-likeness (QED) is 0.622. The van der Waals surface area contributed by atoms with E-state index in [1.807, 2.05) is 12.1 Å². The number of anilines is 1. The van der Waals surface area contributed by atoms with Gasteiger partial charge in [-0.25, -0.2) is 13.2 Å². The molecule has 1 fully saturated rings. The first-order valence-corrected chi connectivity index (χ1v) is 12.5. The number of piperidine rings is 1. The van der Waals surface area contributed by atoms with Crippen molar-refractivity contribution in [2.24, 2.45) is 5.92 Å². The van der Waals surface area contributed by atoms with Gasteiger partial charge in [-0.3, -0.25) is 4.79 Å². The molecule has 178 valence electrons. The number of halogens is 1. The van der Waals surface area contributed by atoms with Crippen LogP contribution in [0.5, 0.6) is 0 Å². The number of nitrogens with one attached hydrogen (secondary N) is 1. The fourth-order valence-corrected chi connectivity index (χ4v) is 5.41. The van der Waals surface area contributed by atoms with E-state index < -0.39 is 16.0 Å². The highest BCUT2D eigenvalue weighted by Crippen LogP contribution is 2.28. The highest BCUT2D eigenvalue weighted by Gasteiger charge is 2.32. The Balaban J connectivity index is 1.63. The van der Waals surface area contributed by atoms with Crippen molar-refractivity contribution < 1.29 is 22.7 Å². The van der Waals surface area contributed by atoms with Gasteiger partial charge in [-0.15, -0.1) is 0 Å². The van der Waals surface area contributed by atoms with Crippen molar-refractivity contribution >= 4 is 39.2 Å². The molecule has 0 aromatic heterocycles. The Kier molecular flexibility index (Phi) is 7.51. The van der Waals surface area contributed by atoms with E-state index >= 15 is 0 Å². The molecule has 1 saturated heterocycles. The number of sulfonamides is 1. The minimum absolute atomic E-state index is 0.0598. The van der Waals surface area contributed by atoms with Gasteiger partial charge < -0.3 is 10.1 Å². The van der Waals surface area contributed by atoms with E-state index in [9.17, 15) is 18.0 Å². The van der Waals surface area contributed by atoms with Crippen LogP contribution >= 0.6 is 11.6 Å². The van der Waals surface area contributed by atoms with Crippen molar-refractivity contribution in [1.82, 2.24) is 4.31 Å². The maximum absolute atomic E-state index is 13.0. The molecule has 0 saturated carbocycles. The lowest BCUT2D eigenvalue weighted by Crippen LogP contribution is -2.41. The second-order valence-corrected chi connectivity index (χ2v) is 11.5. The number of carbonyl (C=O) groups is 2. The Labute approximate surface area is 200 Å². The topological polar surface area (TPSA) is 92.8 Å². The molecule has 0 bridgehead atoms. The molecule has 2 aromatic rings. The van der Waals surface area contributed by atoms with Crippen LogP contribution in [-0.2, 0) is 25.0 Å². The third kappa shape index (κ3) is 5.75. The Morgan fingerprint density at radius 3 is 2.21 bits per heavy atom. The largest absolute Gasteiger partial charge is 0.465 e. The van der Waals surface area contributed by atoms with Crippen molar-refractivity contribution in [3.63, 3.8) is 0 Å². The van der Waals surface area contributed by atoms with E-state index in [-0.39, 0.29) is 45.8 Å². The third-order valence-electron chi connectivity index (χ3n) is 5.82. The smallest absolute Gasteiger partial charge is 0.339 e. The Morgan fingerprint density at radius 2 is 1.67 bits per heavy atom. The van der Waals surface area contributed by atoms with E-state index in [0.717, 1.165) is 5.56 Å². The number of esters is 1. The number of ether oxygens (including phenoxy) is 1. The summed E-state index contributed by atoms with van der Waals surface area (Å²) in [5, 5.41) is 3.02. The molecule has 1 amide bonds. The van der Waals surface area contributed by atoms with Gasteiger partial charge in [0.05, 0.1) is 22.6 Å². The van der Waals surface area contributed by atoms with Crippen molar-refractivity contribution in [3.8, 4) is 0 Å². The van der Waals surface area contributed by atoms with Crippen LogP contribution in [-0.4, -0.2) is 44.8 Å². The van der Waals surface area contributed by atoms with Gasteiger partial charge >= 0.3 is 5.97 Å². The zero-order valence-corrected chi connectivity index (χ0v) is 20.8. The molecule has 1 aliphatic rings. The highest BCUT2D eigenvalue weighted by atomic mass is 35.5. The zero-order chi connectivity index (χ0) is 24.4. The SMILES string of the molecule is COC(=O)c1cc(NC(=O)C2CCN(S(=O)(=O)c3ccc(C(C)(C)C)cc3)CC2)ccc1Cl. The van der Waals surface area contributed by atoms with Crippen LogP contribution < -0.4 is 5.32 Å². The predicted molar refractivity (Wildman–Crippen MR) is 128 cm³/mol. The van der Waals surface area contributed by atoms with Gasteiger partial charge in [0.2, 0.25) is 15.9 Å². The number of rotatable bonds is 5. The minimum atomic E-state index is -3.62. The number of carbonyl (C=O) groups excluding carboxylic acids is 2. The number of nitrogens with zero attached hydrogens (tertiary/aromatic N) is 1. The van der Waals surface area contributed by atoms with E-state index in [2.05, 4.69) is 26.1 Å². The van der Waals surface area contributed by atoms with E-state index in [1.165, 1.54) is 23.5 Å². The summed E-state index contributed by atoms with van der Waals surface area (Å²) in [5.41, 5.74) is 1.60. The molecular formula is C24H29ClN2O5S. The molecule has 0 aliphatic carbocycles. The maximum Gasteiger partial charge on any atom is 0.339 e. The number of hydrogen-bond donors (Lipinski definition) is 1. The highest BCUT2D eigenvalue weighted by molar-refractivity contribution is 7.89. The van der Waals surface area contributed by atoms with Gasteiger partial charge in [-0.05, 0) is 54.2 Å². The minimum Gasteiger partial charge on any atom is -0.465 e. The molecule has 0 atom stereocenters. The summed E-state index contributed by atoms with van der Waals surface area (Å²) in [6.45, 7) is 6.75. The van der Waals surface area contributed by atoms with E-state index in [1.54, 1.807) is 18.2 Å². The number of amides is 1. The molecule has 0 radical (unpaired) electrons. The van der Waals surface area contributed by atoms with Crippen molar-refractivity contribution in [3.05, 3.63) is 58.6 Å². The van der Waals surface area contributed by atoms with Gasteiger partial charge in [0.25, 0.3) is 0 Å². The van der Waals surface area contributed by atoms with Crippen LogP contribution in [0.15, 0.2) is 47.4 Å². The zero-order valence-electron chi connectivity index (χ0n) is 19.2. The number of benzene rings is 2. The van der Waals surface area contributed by atoms with Gasteiger partial charge in [0, 0.05) is 24.7 Å². The van der Waals surface area contributed by atoms with Crippen LogP contribution in [0.3, 0.4) is 0 Å². The molecule has 33 heavy (non-hydrogen) atoms. The van der Waals surface area contributed by atoms with Crippen LogP contribution in [0.25, 0.3) is 0 Å². The molecule has 2 aromatic carbocycles. The summed E-state index contributed by atoms with van der Waals surface area (Å²) in [6, 6.07) is 11.6. The van der Waals surface area contributed by atoms with Crippen LogP contribution in [0.4, 0.5) is 5.69 Å². The van der Waals surface area contributed by atoms with Crippen molar-refractivity contribution in [2.45, 2.75) is 43.9 Å². The first-order valence-electron chi connectivity index (χ1n) is 10.7. The molecule has 0 unspecified atom stereocenters. The third-order valence-corrected chi connectivity index (χ3v) is 8.06. The van der Waals surface area contributed by atoms with Crippen LogP contribution in [0.2, 0.25) is 5.02 Å². The first kappa shape index (κ1) is 25.2. The van der Waals surface area contributed by atoms with E-state index in [4.69, 9.17) is 16.3 Å². The molecule has 1 N–H and O–H groups in total. The van der Waals surface area contributed by atoms with Gasteiger partial charge in [-0.1, -0.05) is 44.5 Å². The molecule has 1 heterocycles. The van der Waals surface area contributed by atoms with Gasteiger partial charge in [-0.2, -0.15) is 4.31 Å².